The molecule has 2 fully saturated rings. The number of piperidine rings is 2. The number of fused-ring (bicyclic) bond motifs is 1. The van der Waals surface area contributed by atoms with Crippen LogP contribution in [0.5, 0.6) is 0 Å². The largest absolute Gasteiger partial charge is 0.392 e. The molecule has 1 N–H and O–H groups in total. The highest BCUT2D eigenvalue weighted by Crippen LogP contribution is 2.38. The van der Waals surface area contributed by atoms with Crippen LogP contribution in [-0.2, 0) is 17.8 Å². The number of nitrogens with zero attached hydrogens (tertiary/aromatic N) is 4. The van der Waals surface area contributed by atoms with Crippen LogP contribution in [0.1, 0.15) is 38.4 Å². The predicted molar refractivity (Wildman–Crippen MR) is 110 cm³/mol. The molecule has 2 aromatic rings. The zero-order valence-corrected chi connectivity index (χ0v) is 17.1. The number of benzene rings is 1. The number of imidazole rings is 1. The monoisotopic (exact) mass is 384 g/mol. The van der Waals surface area contributed by atoms with E-state index in [1.165, 1.54) is 0 Å². The van der Waals surface area contributed by atoms with E-state index in [-0.39, 0.29) is 17.4 Å². The molecule has 152 valence electrons. The van der Waals surface area contributed by atoms with Gasteiger partial charge >= 0.3 is 0 Å². The van der Waals surface area contributed by atoms with E-state index in [0.29, 0.717) is 19.5 Å². The quantitative estimate of drug-likeness (QED) is 0.879. The number of carbonyl (C=O) groups is 1. The van der Waals surface area contributed by atoms with E-state index in [4.69, 9.17) is 4.98 Å². The highest BCUT2D eigenvalue weighted by atomic mass is 16.3. The van der Waals surface area contributed by atoms with E-state index in [0.717, 1.165) is 62.2 Å². The summed E-state index contributed by atoms with van der Waals surface area (Å²) in [5.41, 5.74) is 1.95. The van der Waals surface area contributed by atoms with Gasteiger partial charge in [-0.15, -0.1) is 0 Å². The van der Waals surface area contributed by atoms with Gasteiger partial charge in [0.05, 0.1) is 17.1 Å². The lowest BCUT2D eigenvalue weighted by Gasteiger charge is -2.50. The normalized spacial score (nSPS) is 26.2. The number of likely N-dealkylation sites (tertiary alicyclic amines) is 2. The molecular weight excluding hydrogens is 352 g/mol. The van der Waals surface area contributed by atoms with Gasteiger partial charge in [-0.1, -0.05) is 19.1 Å². The molecule has 3 heterocycles. The number of rotatable bonds is 4. The molecule has 0 radical (unpaired) electrons. The van der Waals surface area contributed by atoms with Crippen molar-refractivity contribution < 1.29 is 9.90 Å². The standard InChI is InChI=1S/C22H32N4O2/c1-3-20-23-17-7-4-5-8-18(17)26(20)14-10-21(28)25-12-6-11-22(16-25)15-24(2)13-9-19(22)27/h4-5,7-8,19,27H,3,6,9-16H2,1-2H3/t19-,22-/m0/s1. The molecule has 1 spiro atoms. The van der Waals surface area contributed by atoms with Gasteiger partial charge < -0.3 is 19.5 Å². The van der Waals surface area contributed by atoms with Gasteiger partial charge in [0.1, 0.15) is 5.82 Å². The van der Waals surface area contributed by atoms with Crippen molar-refractivity contribution in [1.29, 1.82) is 0 Å². The van der Waals surface area contributed by atoms with Crippen molar-refractivity contribution in [3.8, 4) is 0 Å². The number of hydrogen-bond acceptors (Lipinski definition) is 4. The first-order valence-corrected chi connectivity index (χ1v) is 10.6. The average Bonchev–Trinajstić information content (AvgIpc) is 3.07. The lowest BCUT2D eigenvalue weighted by Crippen LogP contribution is -2.59. The Hall–Kier alpha value is -1.92. The Labute approximate surface area is 167 Å². The summed E-state index contributed by atoms with van der Waals surface area (Å²) in [6, 6.07) is 8.14. The third-order valence-corrected chi connectivity index (χ3v) is 6.64. The van der Waals surface area contributed by atoms with E-state index in [1.54, 1.807) is 0 Å². The third kappa shape index (κ3) is 3.55. The summed E-state index contributed by atoms with van der Waals surface area (Å²) in [6.45, 7) is 6.07. The first-order valence-electron chi connectivity index (χ1n) is 10.6. The second-order valence-corrected chi connectivity index (χ2v) is 8.60. The summed E-state index contributed by atoms with van der Waals surface area (Å²) in [7, 11) is 2.12. The van der Waals surface area contributed by atoms with Crippen LogP contribution in [0.15, 0.2) is 24.3 Å². The van der Waals surface area contributed by atoms with Crippen LogP contribution in [-0.4, -0.2) is 69.7 Å². The number of aliphatic hydroxyl groups is 1. The van der Waals surface area contributed by atoms with Crippen LogP contribution in [0.4, 0.5) is 0 Å². The molecule has 1 aromatic carbocycles. The van der Waals surface area contributed by atoms with Gasteiger partial charge in [-0.2, -0.15) is 0 Å². The lowest BCUT2D eigenvalue weighted by molar-refractivity contribution is -0.141. The smallest absolute Gasteiger partial charge is 0.224 e. The summed E-state index contributed by atoms with van der Waals surface area (Å²) < 4.78 is 2.19. The summed E-state index contributed by atoms with van der Waals surface area (Å²) in [4.78, 5) is 22.0. The van der Waals surface area contributed by atoms with Gasteiger partial charge in [-0.25, -0.2) is 4.98 Å². The molecule has 6 nitrogen and oxygen atoms in total. The van der Waals surface area contributed by atoms with Crippen LogP contribution in [0.25, 0.3) is 11.0 Å². The Morgan fingerprint density at radius 2 is 2.11 bits per heavy atom. The highest BCUT2D eigenvalue weighted by Gasteiger charge is 2.45. The Kier molecular flexibility index (Phi) is 5.43. The van der Waals surface area contributed by atoms with Crippen LogP contribution in [0, 0.1) is 5.41 Å². The van der Waals surface area contributed by atoms with E-state index in [2.05, 4.69) is 29.5 Å². The lowest BCUT2D eigenvalue weighted by atomic mass is 9.71. The van der Waals surface area contributed by atoms with E-state index in [1.807, 2.05) is 23.1 Å². The average molecular weight is 385 g/mol. The fourth-order valence-electron chi connectivity index (χ4n) is 5.16. The van der Waals surface area contributed by atoms with Crippen molar-refractivity contribution >= 4 is 16.9 Å². The zero-order valence-electron chi connectivity index (χ0n) is 17.1. The van der Waals surface area contributed by atoms with E-state index in [9.17, 15) is 9.90 Å². The van der Waals surface area contributed by atoms with Crippen molar-refractivity contribution in [1.82, 2.24) is 19.4 Å². The zero-order chi connectivity index (χ0) is 19.7. The number of aliphatic hydroxyl groups excluding tert-OH is 1. The fraction of sp³-hybridized carbons (Fsp3) is 0.636. The Bertz CT molecular complexity index is 848. The van der Waals surface area contributed by atoms with Gasteiger partial charge in [0.25, 0.3) is 0 Å². The molecule has 2 aliphatic rings. The molecule has 2 atom stereocenters. The molecule has 0 unspecified atom stereocenters. The molecule has 0 saturated carbocycles. The van der Waals surface area contributed by atoms with E-state index >= 15 is 0 Å². The number of aryl methyl sites for hydroxylation is 2. The summed E-state index contributed by atoms with van der Waals surface area (Å²) in [5, 5.41) is 10.7. The molecule has 28 heavy (non-hydrogen) atoms. The molecule has 4 rings (SSSR count). The molecule has 0 bridgehead atoms. The van der Waals surface area contributed by atoms with Crippen LogP contribution < -0.4 is 0 Å². The maximum Gasteiger partial charge on any atom is 0.224 e. The second-order valence-electron chi connectivity index (χ2n) is 8.60. The first kappa shape index (κ1) is 19.4. The van der Waals surface area contributed by atoms with Gasteiger partial charge in [-0.05, 0) is 38.4 Å². The SMILES string of the molecule is CCc1nc2ccccc2n1CCC(=O)N1CCC[C@]2(CN(C)CC[C@@H]2O)C1. The second kappa shape index (κ2) is 7.84. The molecule has 2 saturated heterocycles. The Morgan fingerprint density at radius 3 is 2.93 bits per heavy atom. The predicted octanol–water partition coefficient (Wildman–Crippen LogP) is 2.29. The molecule has 1 amide bonds. The van der Waals surface area contributed by atoms with Gasteiger partial charge in [-0.3, -0.25) is 4.79 Å². The minimum absolute atomic E-state index is 0.156. The fourth-order valence-corrected chi connectivity index (χ4v) is 5.16. The van der Waals surface area contributed by atoms with Gasteiger partial charge in [0.2, 0.25) is 5.91 Å². The minimum atomic E-state index is -0.302. The molecule has 6 heteroatoms. The molecule has 1 aromatic heterocycles. The first-order chi connectivity index (χ1) is 13.5. The van der Waals surface area contributed by atoms with Crippen molar-refractivity contribution in [3.63, 3.8) is 0 Å². The topological polar surface area (TPSA) is 61.6 Å². The molecular formula is C22H32N4O2. The maximum atomic E-state index is 13.0. The number of hydrogen-bond donors (Lipinski definition) is 1. The van der Waals surface area contributed by atoms with Crippen molar-refractivity contribution in [2.45, 2.75) is 51.7 Å². The van der Waals surface area contributed by atoms with Gasteiger partial charge in [0.15, 0.2) is 0 Å². The van der Waals surface area contributed by atoms with Crippen LogP contribution in [0.2, 0.25) is 0 Å². The van der Waals surface area contributed by atoms with Crippen molar-refractivity contribution in [2.24, 2.45) is 5.41 Å². The summed E-state index contributed by atoms with van der Waals surface area (Å²) in [5.74, 6) is 1.23. The molecule has 0 aliphatic carbocycles. The highest BCUT2D eigenvalue weighted by molar-refractivity contribution is 5.78. The van der Waals surface area contributed by atoms with Gasteiger partial charge in [0, 0.05) is 51.0 Å². The van der Waals surface area contributed by atoms with Crippen molar-refractivity contribution in [3.05, 3.63) is 30.1 Å². The number of aromatic nitrogens is 2. The van der Waals surface area contributed by atoms with Crippen molar-refractivity contribution in [2.75, 3.05) is 33.2 Å². The number of amides is 1. The van der Waals surface area contributed by atoms with Crippen LogP contribution >= 0.6 is 0 Å². The minimum Gasteiger partial charge on any atom is -0.392 e. The summed E-state index contributed by atoms with van der Waals surface area (Å²) >= 11 is 0. The Balaban J connectivity index is 1.46. The van der Waals surface area contributed by atoms with Crippen LogP contribution in [0.3, 0.4) is 0 Å². The maximum absolute atomic E-state index is 13.0. The molecule has 2 aliphatic heterocycles. The Morgan fingerprint density at radius 1 is 1.29 bits per heavy atom. The number of carbonyl (C=O) groups excluding carboxylic acids is 1. The number of para-hydroxylation sites is 2. The summed E-state index contributed by atoms with van der Waals surface area (Å²) in [6.07, 6.45) is 3.83. The van der Waals surface area contributed by atoms with E-state index < -0.39 is 0 Å². The third-order valence-electron chi connectivity index (χ3n) is 6.64.